The number of fused-ring (bicyclic) bond motifs is 4. The number of carbonyl (C=O) groups excluding carboxylic acids is 2. The Balaban J connectivity index is 1.44. The number of benzene rings is 2. The van der Waals surface area contributed by atoms with Crippen LogP contribution in [0.25, 0.3) is 0 Å². The predicted octanol–water partition coefficient (Wildman–Crippen LogP) is 2.69. The van der Waals surface area contributed by atoms with E-state index < -0.39 is 11.8 Å². The zero-order valence-corrected chi connectivity index (χ0v) is 14.2. The van der Waals surface area contributed by atoms with E-state index in [0.29, 0.717) is 11.6 Å². The van der Waals surface area contributed by atoms with Crippen molar-refractivity contribution in [3.63, 3.8) is 0 Å². The van der Waals surface area contributed by atoms with Gasteiger partial charge in [0.15, 0.2) is 0 Å². The first-order valence-electron chi connectivity index (χ1n) is 8.20. The summed E-state index contributed by atoms with van der Waals surface area (Å²) < 4.78 is 5.89. The highest BCUT2D eigenvalue weighted by molar-refractivity contribution is 6.35. The van der Waals surface area contributed by atoms with Gasteiger partial charge in [-0.3, -0.25) is 9.59 Å². The van der Waals surface area contributed by atoms with Gasteiger partial charge in [0, 0.05) is 23.6 Å². The summed E-state index contributed by atoms with van der Waals surface area (Å²) in [5.41, 5.74) is 1.86. The number of rotatable bonds is 2. The second-order valence-corrected chi connectivity index (χ2v) is 6.73. The molecule has 2 aliphatic rings. The SMILES string of the molecule is O=C(NCc1ccc(Cl)cc1)C(=O)N1C[C@H]2C[C@H]1c1ccccc1O2. The third kappa shape index (κ3) is 3.07. The molecule has 2 atom stereocenters. The van der Waals surface area contributed by atoms with Gasteiger partial charge in [0.2, 0.25) is 0 Å². The van der Waals surface area contributed by atoms with Crippen LogP contribution in [0.1, 0.15) is 23.6 Å². The molecule has 2 aromatic rings. The molecule has 128 valence electrons. The fraction of sp³-hybridized carbons (Fsp3) is 0.263. The van der Waals surface area contributed by atoms with Crippen molar-refractivity contribution in [1.29, 1.82) is 0 Å². The summed E-state index contributed by atoms with van der Waals surface area (Å²) in [6.45, 7) is 0.726. The van der Waals surface area contributed by atoms with E-state index in [2.05, 4.69) is 5.32 Å². The van der Waals surface area contributed by atoms with Gasteiger partial charge in [-0.1, -0.05) is 41.9 Å². The number of hydrogen-bond acceptors (Lipinski definition) is 3. The smallest absolute Gasteiger partial charge is 0.312 e. The van der Waals surface area contributed by atoms with Gasteiger partial charge in [-0.05, 0) is 23.8 Å². The van der Waals surface area contributed by atoms with Crippen molar-refractivity contribution >= 4 is 23.4 Å². The number of halogens is 1. The van der Waals surface area contributed by atoms with E-state index in [0.717, 1.165) is 23.3 Å². The number of likely N-dealkylation sites (tertiary alicyclic amines) is 1. The summed E-state index contributed by atoms with van der Waals surface area (Å²) >= 11 is 5.84. The lowest BCUT2D eigenvalue weighted by Crippen LogP contribution is -2.42. The summed E-state index contributed by atoms with van der Waals surface area (Å²) in [5, 5.41) is 3.32. The van der Waals surface area contributed by atoms with Crippen molar-refractivity contribution in [2.24, 2.45) is 0 Å². The van der Waals surface area contributed by atoms with Crippen molar-refractivity contribution in [3.8, 4) is 5.75 Å². The minimum absolute atomic E-state index is 0.0482. The molecule has 1 saturated heterocycles. The van der Waals surface area contributed by atoms with E-state index in [4.69, 9.17) is 16.3 Å². The molecule has 0 aliphatic carbocycles. The molecule has 2 heterocycles. The Kier molecular flexibility index (Phi) is 4.09. The molecule has 4 rings (SSSR count). The number of nitrogens with zero attached hydrogens (tertiary/aromatic N) is 1. The van der Waals surface area contributed by atoms with Crippen molar-refractivity contribution in [1.82, 2.24) is 10.2 Å². The van der Waals surface area contributed by atoms with Crippen LogP contribution in [0.5, 0.6) is 5.75 Å². The Morgan fingerprint density at radius 1 is 1.16 bits per heavy atom. The number of nitrogens with one attached hydrogen (secondary N) is 1. The quantitative estimate of drug-likeness (QED) is 0.842. The average Bonchev–Trinajstić information content (AvgIpc) is 2.98. The molecule has 2 bridgehead atoms. The lowest BCUT2D eigenvalue weighted by molar-refractivity contribution is -0.146. The van der Waals surface area contributed by atoms with E-state index in [1.807, 2.05) is 36.4 Å². The van der Waals surface area contributed by atoms with Gasteiger partial charge in [-0.25, -0.2) is 0 Å². The molecule has 0 radical (unpaired) electrons. The summed E-state index contributed by atoms with van der Waals surface area (Å²) in [6.07, 6.45) is 0.681. The normalized spacial score (nSPS) is 20.6. The van der Waals surface area contributed by atoms with Crippen LogP contribution in [-0.4, -0.2) is 29.4 Å². The third-order valence-corrected chi connectivity index (χ3v) is 4.91. The summed E-state index contributed by atoms with van der Waals surface area (Å²) in [6, 6.07) is 14.7. The van der Waals surface area contributed by atoms with Gasteiger partial charge in [0.05, 0.1) is 12.6 Å². The number of ether oxygens (including phenoxy) is 1. The fourth-order valence-electron chi connectivity index (χ4n) is 3.44. The molecular weight excluding hydrogens is 340 g/mol. The van der Waals surface area contributed by atoms with Crippen LogP contribution in [0.2, 0.25) is 5.02 Å². The number of carbonyl (C=O) groups is 2. The minimum atomic E-state index is -0.597. The van der Waals surface area contributed by atoms with Gasteiger partial charge < -0.3 is 15.0 Å². The lowest BCUT2D eigenvalue weighted by Gasteiger charge is -2.26. The molecular formula is C19H17ClN2O3. The van der Waals surface area contributed by atoms with Crippen LogP contribution in [0.4, 0.5) is 0 Å². The van der Waals surface area contributed by atoms with Gasteiger partial charge in [-0.2, -0.15) is 0 Å². The third-order valence-electron chi connectivity index (χ3n) is 4.66. The lowest BCUT2D eigenvalue weighted by atomic mass is 10.00. The van der Waals surface area contributed by atoms with Crippen LogP contribution in [-0.2, 0) is 16.1 Å². The van der Waals surface area contributed by atoms with Crippen molar-refractivity contribution < 1.29 is 14.3 Å². The Labute approximate surface area is 150 Å². The standard InChI is InChI=1S/C19H17ClN2O3/c20-13-7-5-12(6-8-13)10-21-18(23)19(24)22-11-14-9-16(22)15-3-1-2-4-17(15)25-14/h1-8,14,16H,9-11H2,(H,21,23)/t14-,16+/m1/s1. The monoisotopic (exact) mass is 356 g/mol. The first-order chi connectivity index (χ1) is 12.1. The van der Waals surface area contributed by atoms with Crippen LogP contribution in [0.3, 0.4) is 0 Å². The largest absolute Gasteiger partial charge is 0.488 e. The fourth-order valence-corrected chi connectivity index (χ4v) is 3.56. The van der Waals surface area contributed by atoms with Crippen LogP contribution >= 0.6 is 11.6 Å². The summed E-state index contributed by atoms with van der Waals surface area (Å²) in [4.78, 5) is 26.5. The molecule has 2 amide bonds. The van der Waals surface area contributed by atoms with E-state index in [1.54, 1.807) is 17.0 Å². The maximum atomic E-state index is 12.6. The van der Waals surface area contributed by atoms with Gasteiger partial charge in [0.25, 0.3) is 0 Å². The Morgan fingerprint density at radius 3 is 2.72 bits per heavy atom. The van der Waals surface area contributed by atoms with Crippen LogP contribution in [0.15, 0.2) is 48.5 Å². The molecule has 25 heavy (non-hydrogen) atoms. The van der Waals surface area contributed by atoms with Gasteiger partial charge >= 0.3 is 11.8 Å². The average molecular weight is 357 g/mol. The molecule has 0 saturated carbocycles. The van der Waals surface area contributed by atoms with Crippen LogP contribution < -0.4 is 10.1 Å². The molecule has 0 aromatic heterocycles. The molecule has 2 aliphatic heterocycles. The predicted molar refractivity (Wildman–Crippen MR) is 93.2 cm³/mol. The molecule has 2 aromatic carbocycles. The molecule has 0 spiro atoms. The number of para-hydroxylation sites is 1. The first-order valence-corrected chi connectivity index (χ1v) is 8.58. The van der Waals surface area contributed by atoms with E-state index >= 15 is 0 Å². The number of amides is 2. The van der Waals surface area contributed by atoms with E-state index in [9.17, 15) is 9.59 Å². The molecule has 6 heteroatoms. The second kappa shape index (κ2) is 6.41. The summed E-state index contributed by atoms with van der Waals surface area (Å²) in [5.74, 6) is -0.303. The molecule has 0 unspecified atom stereocenters. The van der Waals surface area contributed by atoms with Crippen molar-refractivity contribution in [2.75, 3.05) is 6.54 Å². The highest BCUT2D eigenvalue weighted by Crippen LogP contribution is 2.43. The number of hydrogen-bond donors (Lipinski definition) is 1. The van der Waals surface area contributed by atoms with Crippen LogP contribution in [0, 0.1) is 0 Å². The molecule has 1 fully saturated rings. The zero-order chi connectivity index (χ0) is 17.4. The summed E-state index contributed by atoms with van der Waals surface area (Å²) in [7, 11) is 0. The maximum absolute atomic E-state index is 12.6. The molecule has 5 nitrogen and oxygen atoms in total. The van der Waals surface area contributed by atoms with E-state index in [-0.39, 0.29) is 18.7 Å². The highest BCUT2D eigenvalue weighted by Gasteiger charge is 2.43. The Hall–Kier alpha value is -2.53. The van der Waals surface area contributed by atoms with Gasteiger partial charge in [0.1, 0.15) is 11.9 Å². The minimum Gasteiger partial charge on any atom is -0.488 e. The topological polar surface area (TPSA) is 58.6 Å². The maximum Gasteiger partial charge on any atom is 0.312 e. The van der Waals surface area contributed by atoms with E-state index in [1.165, 1.54) is 0 Å². The molecule has 1 N–H and O–H groups in total. The zero-order valence-electron chi connectivity index (χ0n) is 13.4. The van der Waals surface area contributed by atoms with Crippen molar-refractivity contribution in [3.05, 3.63) is 64.7 Å². The van der Waals surface area contributed by atoms with Crippen molar-refractivity contribution in [2.45, 2.75) is 25.1 Å². The second-order valence-electron chi connectivity index (χ2n) is 6.30. The Morgan fingerprint density at radius 2 is 1.92 bits per heavy atom. The highest BCUT2D eigenvalue weighted by atomic mass is 35.5. The van der Waals surface area contributed by atoms with Gasteiger partial charge in [-0.15, -0.1) is 0 Å². The Bertz CT molecular complexity index is 822. The first kappa shape index (κ1) is 16.0.